The molecule has 1 atom stereocenters. The topological polar surface area (TPSA) is 87.6 Å². The van der Waals surface area contributed by atoms with Crippen LogP contribution in [0.25, 0.3) is 10.9 Å². The lowest BCUT2D eigenvalue weighted by Crippen LogP contribution is -2.29. The summed E-state index contributed by atoms with van der Waals surface area (Å²) in [7, 11) is 0. The number of nitrogens with zero attached hydrogens (tertiary/aromatic N) is 3. The first kappa shape index (κ1) is 14.2. The van der Waals surface area contributed by atoms with Crippen LogP contribution >= 0.6 is 0 Å². The van der Waals surface area contributed by atoms with Crippen molar-refractivity contribution in [2.24, 2.45) is 5.73 Å². The summed E-state index contributed by atoms with van der Waals surface area (Å²) in [6.07, 6.45) is 3.21. The highest BCUT2D eigenvalue weighted by atomic mass is 15.1. The summed E-state index contributed by atoms with van der Waals surface area (Å²) in [5.41, 5.74) is 7.65. The van der Waals surface area contributed by atoms with Gasteiger partial charge >= 0.3 is 0 Å². The molecule has 0 fully saturated rings. The number of anilines is 1. The number of rotatable bonds is 6. The van der Waals surface area contributed by atoms with E-state index in [0.29, 0.717) is 12.2 Å². The van der Waals surface area contributed by atoms with Crippen LogP contribution in [-0.4, -0.2) is 22.8 Å². The Kier molecular flexibility index (Phi) is 4.85. The van der Waals surface area contributed by atoms with E-state index < -0.39 is 0 Å². The van der Waals surface area contributed by atoms with E-state index in [1.165, 1.54) is 0 Å². The van der Waals surface area contributed by atoms with Crippen molar-refractivity contribution in [1.82, 2.24) is 10.2 Å². The molecule has 1 heterocycles. The van der Waals surface area contributed by atoms with E-state index >= 15 is 0 Å². The zero-order valence-electron chi connectivity index (χ0n) is 11.6. The average molecular weight is 269 g/mol. The number of hydrogen-bond acceptors (Lipinski definition) is 5. The first-order valence-electron chi connectivity index (χ1n) is 6.92. The van der Waals surface area contributed by atoms with Crippen LogP contribution in [0.2, 0.25) is 0 Å². The van der Waals surface area contributed by atoms with Crippen LogP contribution in [0.15, 0.2) is 24.3 Å². The van der Waals surface area contributed by atoms with E-state index in [9.17, 15) is 5.26 Å². The summed E-state index contributed by atoms with van der Waals surface area (Å²) in [5, 5.41) is 21.5. The van der Waals surface area contributed by atoms with Gasteiger partial charge in [0, 0.05) is 18.0 Å². The smallest absolute Gasteiger partial charge is 0.186 e. The van der Waals surface area contributed by atoms with Gasteiger partial charge in [-0.05, 0) is 12.5 Å². The molecule has 0 bridgehead atoms. The van der Waals surface area contributed by atoms with Gasteiger partial charge in [-0.15, -0.1) is 10.2 Å². The number of unbranched alkanes of at least 4 members (excludes halogenated alkanes) is 1. The molecule has 0 spiro atoms. The molecule has 0 radical (unpaired) electrons. The van der Waals surface area contributed by atoms with Crippen LogP contribution in [-0.2, 0) is 0 Å². The van der Waals surface area contributed by atoms with E-state index in [2.05, 4.69) is 28.5 Å². The summed E-state index contributed by atoms with van der Waals surface area (Å²) in [6.45, 7) is 2.68. The molecule has 104 valence electrons. The van der Waals surface area contributed by atoms with Crippen LogP contribution in [0.5, 0.6) is 0 Å². The number of nitrogens with one attached hydrogen (secondary N) is 1. The fourth-order valence-electron chi connectivity index (χ4n) is 2.18. The SMILES string of the molecule is CCCCC(CN)Nc1c(C#N)nnc2ccccc12. The second kappa shape index (κ2) is 6.83. The lowest BCUT2D eigenvalue weighted by Gasteiger charge is -2.19. The number of nitrogens with two attached hydrogens (primary N) is 1. The molecule has 1 aromatic heterocycles. The average Bonchev–Trinajstić information content (AvgIpc) is 2.51. The minimum atomic E-state index is 0.148. The van der Waals surface area contributed by atoms with Gasteiger partial charge in [-0.1, -0.05) is 38.0 Å². The first-order valence-corrected chi connectivity index (χ1v) is 6.92. The Hall–Kier alpha value is -2.19. The zero-order valence-corrected chi connectivity index (χ0v) is 11.6. The molecule has 20 heavy (non-hydrogen) atoms. The Morgan fingerprint density at radius 3 is 2.85 bits per heavy atom. The largest absolute Gasteiger partial charge is 0.378 e. The second-order valence-corrected chi connectivity index (χ2v) is 4.77. The number of hydrogen-bond donors (Lipinski definition) is 2. The van der Waals surface area contributed by atoms with Crippen LogP contribution < -0.4 is 11.1 Å². The molecule has 0 amide bonds. The van der Waals surface area contributed by atoms with Gasteiger partial charge in [0.05, 0.1) is 11.2 Å². The van der Waals surface area contributed by atoms with Crippen LogP contribution in [0.4, 0.5) is 5.69 Å². The molecule has 0 saturated heterocycles. The van der Waals surface area contributed by atoms with Crippen LogP contribution in [0, 0.1) is 11.3 Å². The van der Waals surface area contributed by atoms with E-state index in [0.717, 1.165) is 35.9 Å². The molecule has 1 unspecified atom stereocenters. The van der Waals surface area contributed by atoms with Crippen LogP contribution in [0.3, 0.4) is 0 Å². The maximum absolute atomic E-state index is 9.22. The Morgan fingerprint density at radius 2 is 2.15 bits per heavy atom. The Bertz CT molecular complexity index is 617. The van der Waals surface area contributed by atoms with Gasteiger partial charge in [0.2, 0.25) is 0 Å². The van der Waals surface area contributed by atoms with Crippen molar-refractivity contribution in [2.45, 2.75) is 32.2 Å². The fraction of sp³-hybridized carbons (Fsp3) is 0.400. The van der Waals surface area contributed by atoms with Crippen molar-refractivity contribution in [3.63, 3.8) is 0 Å². The highest BCUT2D eigenvalue weighted by Crippen LogP contribution is 2.25. The first-order chi connectivity index (χ1) is 9.80. The van der Waals surface area contributed by atoms with Crippen molar-refractivity contribution in [3.8, 4) is 6.07 Å². The summed E-state index contributed by atoms with van der Waals surface area (Å²) in [4.78, 5) is 0. The number of fused-ring (bicyclic) bond motifs is 1. The molecular weight excluding hydrogens is 250 g/mol. The summed E-state index contributed by atoms with van der Waals surface area (Å²) < 4.78 is 0. The molecule has 0 aliphatic heterocycles. The summed E-state index contributed by atoms with van der Waals surface area (Å²) >= 11 is 0. The van der Waals surface area contributed by atoms with E-state index in [1.807, 2.05) is 24.3 Å². The summed E-state index contributed by atoms with van der Waals surface area (Å²) in [5.74, 6) is 0. The highest BCUT2D eigenvalue weighted by Gasteiger charge is 2.14. The van der Waals surface area contributed by atoms with Crippen molar-refractivity contribution in [2.75, 3.05) is 11.9 Å². The van der Waals surface area contributed by atoms with Gasteiger partial charge in [0.15, 0.2) is 5.69 Å². The third-order valence-electron chi connectivity index (χ3n) is 3.31. The molecule has 0 aliphatic rings. The standard InChI is InChI=1S/C15H19N5/c1-2-3-6-11(9-16)18-15-12-7-4-5-8-13(12)19-20-14(15)10-17/h4-5,7-8,11H,2-3,6,9,16H2,1H3,(H,18,19). The van der Waals surface area contributed by atoms with Gasteiger partial charge < -0.3 is 11.1 Å². The Balaban J connectivity index is 2.38. The lowest BCUT2D eigenvalue weighted by atomic mass is 10.1. The lowest BCUT2D eigenvalue weighted by molar-refractivity contribution is 0.614. The second-order valence-electron chi connectivity index (χ2n) is 4.77. The maximum Gasteiger partial charge on any atom is 0.186 e. The summed E-state index contributed by atoms with van der Waals surface area (Å²) in [6, 6.07) is 9.91. The normalized spacial score (nSPS) is 12.1. The fourth-order valence-corrected chi connectivity index (χ4v) is 2.18. The van der Waals surface area contributed by atoms with Gasteiger partial charge in [-0.2, -0.15) is 5.26 Å². The van der Waals surface area contributed by atoms with Gasteiger partial charge in [0.25, 0.3) is 0 Å². The third-order valence-corrected chi connectivity index (χ3v) is 3.31. The number of aromatic nitrogens is 2. The maximum atomic E-state index is 9.22. The Morgan fingerprint density at radius 1 is 1.35 bits per heavy atom. The molecule has 5 heteroatoms. The van der Waals surface area contributed by atoms with E-state index in [-0.39, 0.29) is 6.04 Å². The monoisotopic (exact) mass is 269 g/mol. The van der Waals surface area contributed by atoms with Crippen LogP contribution in [0.1, 0.15) is 31.9 Å². The number of benzene rings is 1. The van der Waals surface area contributed by atoms with Crippen molar-refractivity contribution in [3.05, 3.63) is 30.0 Å². The number of nitriles is 1. The molecule has 0 aliphatic carbocycles. The zero-order chi connectivity index (χ0) is 14.4. The van der Waals surface area contributed by atoms with E-state index in [1.54, 1.807) is 0 Å². The van der Waals surface area contributed by atoms with Crippen molar-refractivity contribution < 1.29 is 0 Å². The molecule has 0 saturated carbocycles. The molecule has 2 aromatic rings. The van der Waals surface area contributed by atoms with Crippen molar-refractivity contribution >= 4 is 16.6 Å². The molecule has 2 rings (SSSR count). The van der Waals surface area contributed by atoms with Gasteiger partial charge in [-0.25, -0.2) is 0 Å². The third kappa shape index (κ3) is 3.03. The molecule has 1 aromatic carbocycles. The Labute approximate surface area is 118 Å². The van der Waals surface area contributed by atoms with E-state index in [4.69, 9.17) is 5.73 Å². The quantitative estimate of drug-likeness (QED) is 0.841. The minimum absolute atomic E-state index is 0.148. The predicted molar refractivity (Wildman–Crippen MR) is 80.2 cm³/mol. The highest BCUT2D eigenvalue weighted by molar-refractivity contribution is 5.92. The molecule has 5 nitrogen and oxygen atoms in total. The van der Waals surface area contributed by atoms with Crippen molar-refractivity contribution in [1.29, 1.82) is 5.26 Å². The van der Waals surface area contributed by atoms with Gasteiger partial charge in [0.1, 0.15) is 6.07 Å². The molecule has 3 N–H and O–H groups in total. The van der Waals surface area contributed by atoms with Gasteiger partial charge in [-0.3, -0.25) is 0 Å². The minimum Gasteiger partial charge on any atom is -0.378 e. The predicted octanol–water partition coefficient (Wildman–Crippen LogP) is 2.43. The molecular formula is C15H19N5.